The van der Waals surface area contributed by atoms with Gasteiger partial charge in [0.25, 0.3) is 0 Å². The van der Waals surface area contributed by atoms with Crippen LogP contribution in [0.4, 0.5) is 19.3 Å². The highest BCUT2D eigenvalue weighted by Gasteiger charge is 2.18. The van der Waals surface area contributed by atoms with Gasteiger partial charge in [0.2, 0.25) is 10.0 Å². The summed E-state index contributed by atoms with van der Waals surface area (Å²) >= 11 is 0. The molecule has 0 aliphatic carbocycles. The molecule has 0 saturated heterocycles. The van der Waals surface area contributed by atoms with E-state index in [0.717, 1.165) is 16.4 Å². The summed E-state index contributed by atoms with van der Waals surface area (Å²) in [7, 11) is -0.716. The second kappa shape index (κ2) is 8.09. The van der Waals surface area contributed by atoms with Crippen molar-refractivity contribution in [3.05, 3.63) is 48.0 Å². The lowest BCUT2D eigenvalue weighted by molar-refractivity contribution is 0.251. The van der Waals surface area contributed by atoms with Crippen LogP contribution in [-0.4, -0.2) is 54.4 Å². The highest BCUT2D eigenvalue weighted by molar-refractivity contribution is 7.89. The predicted octanol–water partition coefficient (Wildman–Crippen LogP) is 1.78. The second-order valence-corrected chi connectivity index (χ2v) is 8.41. The first kappa shape index (κ1) is 20.6. The molecule has 1 heterocycles. The molecule has 0 fully saturated rings. The maximum Gasteiger partial charge on any atom is 0.319 e. The van der Waals surface area contributed by atoms with E-state index < -0.39 is 27.7 Å². The Bertz CT molecular complexity index is 1160. The van der Waals surface area contributed by atoms with Crippen molar-refractivity contribution in [3.63, 3.8) is 0 Å². The van der Waals surface area contributed by atoms with Crippen molar-refractivity contribution in [3.8, 4) is 0 Å². The number of benzene rings is 2. The number of hydrogen-bond donors (Lipinski definition) is 2. The first-order valence-electron chi connectivity index (χ1n) is 8.44. The highest BCUT2D eigenvalue weighted by atomic mass is 32.2. The summed E-state index contributed by atoms with van der Waals surface area (Å²) in [4.78, 5) is 12.0. The number of carbonyl (C=O) groups excluding carboxylic acids is 1. The summed E-state index contributed by atoms with van der Waals surface area (Å²) in [5.41, 5.74) is 0.838. The Kier molecular flexibility index (Phi) is 5.75. The smallest absolute Gasteiger partial charge is 0.319 e. The number of halogens is 2. The van der Waals surface area contributed by atoms with Gasteiger partial charge in [0.15, 0.2) is 0 Å². The van der Waals surface area contributed by atoms with E-state index in [1.165, 1.54) is 30.9 Å². The average molecular weight is 424 g/mol. The van der Waals surface area contributed by atoms with E-state index >= 15 is 0 Å². The zero-order valence-electron chi connectivity index (χ0n) is 15.6. The van der Waals surface area contributed by atoms with Crippen LogP contribution in [0, 0.1) is 11.6 Å². The molecule has 0 saturated carbocycles. The number of nitrogens with one attached hydrogen (secondary N) is 2. The molecule has 2 amide bonds. The van der Waals surface area contributed by atoms with Gasteiger partial charge in [-0.3, -0.25) is 0 Å². The first-order valence-corrected chi connectivity index (χ1v) is 9.88. The van der Waals surface area contributed by atoms with Gasteiger partial charge < -0.3 is 10.6 Å². The van der Waals surface area contributed by atoms with Crippen LogP contribution in [0.25, 0.3) is 11.0 Å². The normalized spacial score (nSPS) is 11.8. The molecular weight excluding hydrogens is 406 g/mol. The number of aromatic nitrogens is 3. The number of nitrogens with zero attached hydrogens (tertiary/aromatic N) is 4. The molecule has 3 aromatic rings. The lowest BCUT2D eigenvalue weighted by atomic mass is 10.3. The second-order valence-electron chi connectivity index (χ2n) is 6.26. The minimum Gasteiger partial charge on any atom is -0.336 e. The number of fused-ring (bicyclic) bond motifs is 1. The largest absolute Gasteiger partial charge is 0.336 e. The zero-order valence-corrected chi connectivity index (χ0v) is 16.4. The maximum absolute atomic E-state index is 13.5. The van der Waals surface area contributed by atoms with E-state index in [0.29, 0.717) is 17.1 Å². The van der Waals surface area contributed by atoms with Gasteiger partial charge in [-0.15, -0.1) is 5.10 Å². The summed E-state index contributed by atoms with van der Waals surface area (Å²) in [6.45, 7) is 0.389. The van der Waals surface area contributed by atoms with Gasteiger partial charge in [-0.2, -0.15) is 0 Å². The van der Waals surface area contributed by atoms with Gasteiger partial charge in [0, 0.05) is 26.7 Å². The number of rotatable bonds is 6. The third-order valence-electron chi connectivity index (χ3n) is 4.05. The maximum atomic E-state index is 13.5. The zero-order chi connectivity index (χ0) is 21.2. The van der Waals surface area contributed by atoms with Crippen molar-refractivity contribution in [1.82, 2.24) is 24.6 Å². The lowest BCUT2D eigenvalue weighted by Crippen LogP contribution is -2.32. The van der Waals surface area contributed by atoms with E-state index in [2.05, 4.69) is 20.9 Å². The van der Waals surface area contributed by atoms with Crippen molar-refractivity contribution >= 4 is 32.8 Å². The van der Waals surface area contributed by atoms with Crippen molar-refractivity contribution in [2.75, 3.05) is 26.0 Å². The van der Waals surface area contributed by atoms with Gasteiger partial charge in [0.05, 0.1) is 22.6 Å². The summed E-state index contributed by atoms with van der Waals surface area (Å²) in [5, 5.41) is 12.7. The van der Waals surface area contributed by atoms with Gasteiger partial charge in [-0.05, 0) is 30.3 Å². The fourth-order valence-corrected chi connectivity index (χ4v) is 3.44. The third-order valence-corrected chi connectivity index (χ3v) is 5.86. The summed E-state index contributed by atoms with van der Waals surface area (Å²) in [5.74, 6) is -1.63. The molecule has 9 nitrogen and oxygen atoms in total. The first-order chi connectivity index (χ1) is 13.7. The Morgan fingerprint density at radius 1 is 1.17 bits per heavy atom. The van der Waals surface area contributed by atoms with Crippen molar-refractivity contribution in [2.45, 2.75) is 11.4 Å². The number of sulfonamides is 1. The molecule has 0 unspecified atom stereocenters. The van der Waals surface area contributed by atoms with E-state index in [9.17, 15) is 22.0 Å². The molecule has 0 aliphatic heterocycles. The molecular formula is C17H18F2N6O3S. The molecule has 2 aromatic carbocycles. The monoisotopic (exact) mass is 424 g/mol. The van der Waals surface area contributed by atoms with E-state index in [1.807, 2.05) is 0 Å². The van der Waals surface area contributed by atoms with Gasteiger partial charge in [-0.1, -0.05) is 5.21 Å². The molecule has 0 atom stereocenters. The summed E-state index contributed by atoms with van der Waals surface area (Å²) in [6, 6.07) is 6.61. The van der Waals surface area contributed by atoms with Gasteiger partial charge in [0.1, 0.15) is 17.2 Å². The highest BCUT2D eigenvalue weighted by Crippen LogP contribution is 2.19. The molecule has 0 aliphatic rings. The fourth-order valence-electron chi connectivity index (χ4n) is 2.52. The predicted molar refractivity (Wildman–Crippen MR) is 102 cm³/mol. The number of hydrogen-bond acceptors (Lipinski definition) is 5. The van der Waals surface area contributed by atoms with Crippen LogP contribution in [0.2, 0.25) is 0 Å². The van der Waals surface area contributed by atoms with E-state index in [1.54, 1.807) is 6.07 Å². The molecule has 0 radical (unpaired) electrons. The number of carbonyl (C=O) groups is 1. The Morgan fingerprint density at radius 2 is 1.93 bits per heavy atom. The van der Waals surface area contributed by atoms with E-state index in [-0.39, 0.29) is 23.7 Å². The van der Waals surface area contributed by atoms with Crippen LogP contribution in [0.5, 0.6) is 0 Å². The van der Waals surface area contributed by atoms with E-state index in [4.69, 9.17) is 0 Å². The number of amides is 2. The quantitative estimate of drug-likeness (QED) is 0.627. The topological polar surface area (TPSA) is 109 Å². The van der Waals surface area contributed by atoms with Crippen LogP contribution >= 0.6 is 0 Å². The van der Waals surface area contributed by atoms with Crippen molar-refractivity contribution in [2.24, 2.45) is 0 Å². The Hall–Kier alpha value is -3.12. The van der Waals surface area contributed by atoms with Crippen LogP contribution in [-0.2, 0) is 16.6 Å². The average Bonchev–Trinajstić information content (AvgIpc) is 3.06. The van der Waals surface area contributed by atoms with Crippen molar-refractivity contribution in [1.29, 1.82) is 0 Å². The molecule has 0 spiro atoms. The Balaban J connectivity index is 1.63. The SMILES string of the molecule is CN(C)S(=O)(=O)c1ccc2c(c1)nnn2CCNC(=O)Nc1ccc(F)cc1F. The fraction of sp³-hybridized carbons (Fsp3) is 0.235. The minimum atomic E-state index is -3.59. The molecule has 1 aromatic heterocycles. The van der Waals surface area contributed by atoms with Crippen molar-refractivity contribution < 1.29 is 22.0 Å². The number of anilines is 1. The molecule has 2 N–H and O–H groups in total. The minimum absolute atomic E-state index is 0.0980. The van der Waals surface area contributed by atoms with Crippen LogP contribution in [0.15, 0.2) is 41.3 Å². The summed E-state index contributed by atoms with van der Waals surface area (Å²) in [6.07, 6.45) is 0. The van der Waals surface area contributed by atoms with Crippen LogP contribution in [0.3, 0.4) is 0 Å². The Morgan fingerprint density at radius 3 is 2.62 bits per heavy atom. The Labute approximate surface area is 165 Å². The standard InChI is InChI=1S/C17H18F2N6O3S/c1-24(2)29(27,28)12-4-6-16-15(10-12)22-23-25(16)8-7-20-17(26)21-14-5-3-11(18)9-13(14)19/h3-6,9-10H,7-8H2,1-2H3,(H2,20,21,26). The van der Waals surface area contributed by atoms with Gasteiger partial charge in [-0.25, -0.2) is 31.0 Å². The molecule has 0 bridgehead atoms. The molecule has 12 heteroatoms. The van der Waals surface area contributed by atoms with Crippen LogP contribution < -0.4 is 10.6 Å². The molecule has 154 valence electrons. The van der Waals surface area contributed by atoms with Gasteiger partial charge >= 0.3 is 6.03 Å². The summed E-state index contributed by atoms with van der Waals surface area (Å²) < 4.78 is 53.4. The molecule has 3 rings (SSSR count). The van der Waals surface area contributed by atoms with Crippen LogP contribution in [0.1, 0.15) is 0 Å². The molecule has 29 heavy (non-hydrogen) atoms. The number of urea groups is 1. The lowest BCUT2D eigenvalue weighted by Gasteiger charge is -2.11. The third kappa shape index (κ3) is 4.49.